The lowest BCUT2D eigenvalue weighted by Gasteiger charge is -2.35. The maximum atomic E-state index is 6.34. The van der Waals surface area contributed by atoms with Gasteiger partial charge in [-0.1, -0.05) is 6.92 Å². The summed E-state index contributed by atoms with van der Waals surface area (Å²) in [6.45, 7) is 3.85. The molecule has 102 valence electrons. The van der Waals surface area contributed by atoms with Crippen LogP contribution < -0.4 is 5.73 Å². The number of halogens is 1. The van der Waals surface area contributed by atoms with E-state index in [-0.39, 0.29) is 12.1 Å². The zero-order valence-corrected chi connectivity index (χ0v) is 13.3. The third-order valence-corrected chi connectivity index (χ3v) is 5.44. The van der Waals surface area contributed by atoms with Crippen LogP contribution in [0.5, 0.6) is 0 Å². The lowest BCUT2D eigenvalue weighted by molar-refractivity contribution is 0.121. The van der Waals surface area contributed by atoms with Crippen molar-refractivity contribution in [2.45, 2.75) is 37.9 Å². The first-order valence-corrected chi connectivity index (χ1v) is 8.10. The van der Waals surface area contributed by atoms with Crippen molar-refractivity contribution in [2.24, 2.45) is 5.73 Å². The maximum absolute atomic E-state index is 6.34. The summed E-state index contributed by atoms with van der Waals surface area (Å²) in [6.07, 6.45) is 2.09. The molecule has 3 nitrogen and oxygen atoms in total. The summed E-state index contributed by atoms with van der Waals surface area (Å²) in [5.41, 5.74) is 6.34. The summed E-state index contributed by atoms with van der Waals surface area (Å²) in [5.74, 6) is 0. The van der Waals surface area contributed by atoms with Gasteiger partial charge in [-0.05, 0) is 41.9 Å². The summed E-state index contributed by atoms with van der Waals surface area (Å²) < 4.78 is 6.64. The molecular formula is C13H21BrN2OS. The van der Waals surface area contributed by atoms with Crippen LogP contribution in [0.25, 0.3) is 0 Å². The van der Waals surface area contributed by atoms with Gasteiger partial charge < -0.3 is 10.5 Å². The van der Waals surface area contributed by atoms with E-state index in [1.807, 2.05) is 0 Å². The van der Waals surface area contributed by atoms with Crippen molar-refractivity contribution in [3.05, 3.63) is 20.8 Å². The molecule has 0 aromatic carbocycles. The first-order chi connectivity index (χ1) is 8.63. The molecule has 0 amide bonds. The molecule has 1 aromatic heterocycles. The van der Waals surface area contributed by atoms with Gasteiger partial charge in [0.15, 0.2) is 0 Å². The van der Waals surface area contributed by atoms with E-state index in [0.29, 0.717) is 6.04 Å². The fraction of sp³-hybridized carbons (Fsp3) is 0.692. The van der Waals surface area contributed by atoms with E-state index in [0.717, 1.165) is 30.5 Å². The molecule has 1 aliphatic heterocycles. The lowest BCUT2D eigenvalue weighted by Crippen LogP contribution is -2.43. The summed E-state index contributed by atoms with van der Waals surface area (Å²) in [4.78, 5) is 3.74. The monoisotopic (exact) mass is 332 g/mol. The highest BCUT2D eigenvalue weighted by Gasteiger charge is 2.31. The molecule has 0 saturated carbocycles. The first-order valence-electron chi connectivity index (χ1n) is 6.42. The second kappa shape index (κ2) is 6.48. The third kappa shape index (κ3) is 3.14. The first kappa shape index (κ1) is 14.5. The number of nitrogens with two attached hydrogens (primary N) is 1. The fourth-order valence-electron chi connectivity index (χ4n) is 2.49. The largest absolute Gasteiger partial charge is 0.380 e. The molecule has 18 heavy (non-hydrogen) atoms. The summed E-state index contributed by atoms with van der Waals surface area (Å²) in [5, 5.41) is 2.13. The van der Waals surface area contributed by atoms with Gasteiger partial charge in [0.2, 0.25) is 0 Å². The molecule has 0 radical (unpaired) electrons. The number of thiophene rings is 1. The summed E-state index contributed by atoms with van der Waals surface area (Å²) >= 11 is 5.31. The number of hydrogen-bond donors (Lipinski definition) is 1. The molecule has 0 aliphatic carbocycles. The van der Waals surface area contributed by atoms with Gasteiger partial charge in [0.05, 0.1) is 12.6 Å². The Morgan fingerprint density at radius 3 is 2.94 bits per heavy atom. The maximum Gasteiger partial charge on any atom is 0.0622 e. The molecule has 2 heterocycles. The van der Waals surface area contributed by atoms with Crippen molar-refractivity contribution < 1.29 is 4.74 Å². The second-order valence-corrected chi connectivity index (χ2v) is 6.73. The Morgan fingerprint density at radius 1 is 1.67 bits per heavy atom. The van der Waals surface area contributed by atoms with Gasteiger partial charge in [0, 0.05) is 33.4 Å². The average Bonchev–Trinajstić information content (AvgIpc) is 3.00. The van der Waals surface area contributed by atoms with Crippen LogP contribution in [-0.2, 0) is 4.74 Å². The number of nitrogens with zero attached hydrogens (tertiary/aromatic N) is 1. The van der Waals surface area contributed by atoms with E-state index in [9.17, 15) is 0 Å². The van der Waals surface area contributed by atoms with Crippen molar-refractivity contribution in [3.63, 3.8) is 0 Å². The van der Waals surface area contributed by atoms with E-state index in [4.69, 9.17) is 10.5 Å². The van der Waals surface area contributed by atoms with Gasteiger partial charge in [-0.15, -0.1) is 11.3 Å². The van der Waals surface area contributed by atoms with Crippen molar-refractivity contribution in [1.29, 1.82) is 0 Å². The van der Waals surface area contributed by atoms with Gasteiger partial charge in [-0.2, -0.15) is 0 Å². The third-order valence-electron chi connectivity index (χ3n) is 3.68. The molecule has 1 fully saturated rings. The van der Waals surface area contributed by atoms with E-state index in [1.165, 1.54) is 4.88 Å². The minimum Gasteiger partial charge on any atom is -0.380 e. The zero-order chi connectivity index (χ0) is 13.1. The Labute approximate surface area is 121 Å². The smallest absolute Gasteiger partial charge is 0.0622 e. The van der Waals surface area contributed by atoms with Crippen molar-refractivity contribution in [2.75, 3.05) is 20.3 Å². The van der Waals surface area contributed by atoms with Gasteiger partial charge >= 0.3 is 0 Å². The van der Waals surface area contributed by atoms with E-state index in [1.54, 1.807) is 11.3 Å². The van der Waals surface area contributed by atoms with Crippen LogP contribution in [0.3, 0.4) is 0 Å². The van der Waals surface area contributed by atoms with Crippen LogP contribution in [0.2, 0.25) is 0 Å². The molecule has 1 saturated heterocycles. The molecule has 0 spiro atoms. The highest BCUT2D eigenvalue weighted by molar-refractivity contribution is 9.10. The topological polar surface area (TPSA) is 38.5 Å². The van der Waals surface area contributed by atoms with Crippen molar-refractivity contribution in [3.8, 4) is 0 Å². The fourth-order valence-corrected chi connectivity index (χ4v) is 4.16. The van der Waals surface area contributed by atoms with E-state index in [2.05, 4.69) is 46.2 Å². The zero-order valence-electron chi connectivity index (χ0n) is 10.9. The Kier molecular flexibility index (Phi) is 5.21. The average molecular weight is 333 g/mol. The Balaban J connectivity index is 2.18. The Hall–Kier alpha value is 0.0600. The molecule has 3 atom stereocenters. The van der Waals surface area contributed by atoms with Crippen LogP contribution >= 0.6 is 27.3 Å². The molecule has 1 aromatic rings. The number of likely N-dealkylation sites (N-methyl/N-ethyl adjacent to an activating group) is 1. The number of rotatable bonds is 5. The van der Waals surface area contributed by atoms with Crippen LogP contribution in [0.4, 0.5) is 0 Å². The minimum atomic E-state index is 0.168. The van der Waals surface area contributed by atoms with Crippen molar-refractivity contribution >= 4 is 27.3 Å². The van der Waals surface area contributed by atoms with Gasteiger partial charge in [0.25, 0.3) is 0 Å². The quantitative estimate of drug-likeness (QED) is 0.900. The lowest BCUT2D eigenvalue weighted by atomic mass is 10.0. The molecule has 1 aliphatic rings. The van der Waals surface area contributed by atoms with Gasteiger partial charge in [-0.3, -0.25) is 4.90 Å². The molecule has 0 bridgehead atoms. The predicted octanol–water partition coefficient (Wildman–Crippen LogP) is 3.01. The predicted molar refractivity (Wildman–Crippen MR) is 80.0 cm³/mol. The van der Waals surface area contributed by atoms with E-state index >= 15 is 0 Å². The van der Waals surface area contributed by atoms with Crippen LogP contribution in [0, 0.1) is 0 Å². The van der Waals surface area contributed by atoms with Crippen LogP contribution in [0.1, 0.15) is 30.7 Å². The van der Waals surface area contributed by atoms with Crippen molar-refractivity contribution in [1.82, 2.24) is 4.90 Å². The standard InChI is InChI=1S/C13H21BrN2OS/c1-3-11(15)13(12-6-9(14)8-18-12)16(2)10-4-5-17-7-10/h6,8,10-11,13H,3-5,7,15H2,1-2H3. The Bertz CT molecular complexity index is 379. The summed E-state index contributed by atoms with van der Waals surface area (Å²) in [7, 11) is 2.17. The highest BCUT2D eigenvalue weighted by atomic mass is 79.9. The number of hydrogen-bond acceptors (Lipinski definition) is 4. The Morgan fingerprint density at radius 2 is 2.44 bits per heavy atom. The molecular weight excluding hydrogens is 312 g/mol. The molecule has 2 N–H and O–H groups in total. The normalized spacial score (nSPS) is 23.5. The highest BCUT2D eigenvalue weighted by Crippen LogP contribution is 2.33. The minimum absolute atomic E-state index is 0.168. The van der Waals surface area contributed by atoms with Crippen LogP contribution in [0.15, 0.2) is 15.9 Å². The van der Waals surface area contributed by atoms with E-state index < -0.39 is 0 Å². The van der Waals surface area contributed by atoms with Crippen LogP contribution in [-0.4, -0.2) is 37.2 Å². The molecule has 2 rings (SSSR count). The number of ether oxygens (including phenoxy) is 1. The SMILES string of the molecule is CCC(N)C(c1cc(Br)cs1)N(C)C1CCOC1. The van der Waals surface area contributed by atoms with Gasteiger partial charge in [0.1, 0.15) is 0 Å². The van der Waals surface area contributed by atoms with Gasteiger partial charge in [-0.25, -0.2) is 0 Å². The summed E-state index contributed by atoms with van der Waals surface area (Å²) in [6, 6.07) is 3.14. The molecule has 5 heteroatoms. The molecule has 3 unspecified atom stereocenters. The second-order valence-electron chi connectivity index (χ2n) is 4.87.